The van der Waals surface area contributed by atoms with Gasteiger partial charge in [-0.05, 0) is 42.5 Å². The highest BCUT2D eigenvalue weighted by Gasteiger charge is 2.30. The van der Waals surface area contributed by atoms with E-state index in [1.165, 1.54) is 36.4 Å². The molecule has 0 radical (unpaired) electrons. The third kappa shape index (κ3) is 4.14. The molecule has 1 heterocycles. The molecule has 6 nitrogen and oxygen atoms in total. The van der Waals surface area contributed by atoms with Crippen LogP contribution in [-0.2, 0) is 6.18 Å². The largest absolute Gasteiger partial charge is 0.478 e. The maximum absolute atomic E-state index is 12.6. The summed E-state index contributed by atoms with van der Waals surface area (Å²) in [4.78, 5) is 27.1. The molecule has 0 atom stereocenters. The van der Waals surface area contributed by atoms with Crippen molar-refractivity contribution in [3.05, 3.63) is 71.6 Å². The fraction of sp³-hybridized carbons (Fsp3) is 0.0556. The monoisotopic (exact) mass is 376 g/mol. The zero-order chi connectivity index (χ0) is 19.6. The van der Waals surface area contributed by atoms with Gasteiger partial charge in [0.2, 0.25) is 5.89 Å². The fourth-order valence-corrected chi connectivity index (χ4v) is 2.24. The zero-order valence-electron chi connectivity index (χ0n) is 13.4. The molecular formula is C18H11F3N2O4. The van der Waals surface area contributed by atoms with Crippen LogP contribution in [0, 0.1) is 0 Å². The average Bonchev–Trinajstić information content (AvgIpc) is 3.11. The predicted octanol–water partition coefficient (Wildman–Crippen LogP) is 4.31. The summed E-state index contributed by atoms with van der Waals surface area (Å²) in [6.07, 6.45) is -3.39. The van der Waals surface area contributed by atoms with Gasteiger partial charge in [-0.25, -0.2) is 9.78 Å². The number of aromatic carboxylic acids is 1. The molecule has 2 N–H and O–H groups in total. The molecule has 2 aromatic carbocycles. The molecule has 0 spiro atoms. The summed E-state index contributed by atoms with van der Waals surface area (Å²) in [7, 11) is 0. The van der Waals surface area contributed by atoms with Crippen molar-refractivity contribution in [2.24, 2.45) is 0 Å². The summed E-state index contributed by atoms with van der Waals surface area (Å²) >= 11 is 0. The number of carboxylic acid groups (broad SMARTS) is 1. The van der Waals surface area contributed by atoms with Gasteiger partial charge >= 0.3 is 12.1 Å². The first-order chi connectivity index (χ1) is 12.7. The van der Waals surface area contributed by atoms with E-state index < -0.39 is 23.6 Å². The number of benzene rings is 2. The third-order valence-corrected chi connectivity index (χ3v) is 3.56. The van der Waals surface area contributed by atoms with Crippen molar-refractivity contribution in [3.8, 4) is 11.5 Å². The number of halogens is 3. The van der Waals surface area contributed by atoms with Crippen LogP contribution in [0.15, 0.2) is 59.2 Å². The number of carbonyl (C=O) groups excluding carboxylic acids is 1. The van der Waals surface area contributed by atoms with Crippen LogP contribution in [0.2, 0.25) is 0 Å². The Labute approximate surface area is 150 Å². The van der Waals surface area contributed by atoms with E-state index >= 15 is 0 Å². The van der Waals surface area contributed by atoms with Crippen molar-refractivity contribution in [1.29, 1.82) is 0 Å². The minimum absolute atomic E-state index is 0.00148. The molecule has 0 bridgehead atoms. The Morgan fingerprint density at radius 1 is 1.07 bits per heavy atom. The second-order valence-electron chi connectivity index (χ2n) is 5.45. The van der Waals surface area contributed by atoms with Crippen molar-refractivity contribution in [3.63, 3.8) is 0 Å². The van der Waals surface area contributed by atoms with E-state index in [1.54, 1.807) is 0 Å². The van der Waals surface area contributed by atoms with E-state index in [-0.39, 0.29) is 28.4 Å². The molecule has 0 fully saturated rings. The van der Waals surface area contributed by atoms with Gasteiger partial charge < -0.3 is 14.8 Å². The van der Waals surface area contributed by atoms with Gasteiger partial charge in [-0.2, -0.15) is 13.2 Å². The third-order valence-electron chi connectivity index (χ3n) is 3.56. The summed E-state index contributed by atoms with van der Waals surface area (Å²) < 4.78 is 42.9. The lowest BCUT2D eigenvalue weighted by atomic mass is 10.1. The maximum atomic E-state index is 12.6. The van der Waals surface area contributed by atoms with Gasteiger partial charge in [-0.15, -0.1) is 0 Å². The number of carbonyl (C=O) groups is 2. The number of nitrogens with zero attached hydrogens (tertiary/aromatic N) is 1. The summed E-state index contributed by atoms with van der Waals surface area (Å²) in [5.41, 5.74) is -0.396. The highest BCUT2D eigenvalue weighted by atomic mass is 19.4. The van der Waals surface area contributed by atoms with Crippen molar-refractivity contribution < 1.29 is 32.3 Å². The minimum Gasteiger partial charge on any atom is -0.478 e. The maximum Gasteiger partial charge on any atom is 0.416 e. The minimum atomic E-state index is -4.45. The van der Waals surface area contributed by atoms with Gasteiger partial charge in [-0.3, -0.25) is 4.79 Å². The van der Waals surface area contributed by atoms with Crippen LogP contribution in [0.25, 0.3) is 11.5 Å². The lowest BCUT2D eigenvalue weighted by Crippen LogP contribution is -2.12. The molecule has 0 aliphatic heterocycles. The molecule has 3 aromatic rings. The highest BCUT2D eigenvalue weighted by molar-refractivity contribution is 6.03. The number of carboxylic acids is 1. The van der Waals surface area contributed by atoms with Gasteiger partial charge in [0.1, 0.15) is 6.26 Å². The van der Waals surface area contributed by atoms with E-state index in [0.29, 0.717) is 0 Å². The Kier molecular flexibility index (Phi) is 4.68. The van der Waals surface area contributed by atoms with Gasteiger partial charge in [-0.1, -0.05) is 6.07 Å². The summed E-state index contributed by atoms with van der Waals surface area (Å²) in [6, 6.07) is 9.76. The number of hydrogen-bond acceptors (Lipinski definition) is 4. The van der Waals surface area contributed by atoms with Gasteiger partial charge in [0.05, 0.1) is 11.1 Å². The molecule has 1 amide bonds. The lowest BCUT2D eigenvalue weighted by Gasteiger charge is -2.06. The van der Waals surface area contributed by atoms with E-state index in [0.717, 1.165) is 18.4 Å². The Balaban J connectivity index is 1.76. The van der Waals surface area contributed by atoms with Crippen LogP contribution in [0.1, 0.15) is 26.4 Å². The molecule has 27 heavy (non-hydrogen) atoms. The first-order valence-corrected chi connectivity index (χ1v) is 7.52. The van der Waals surface area contributed by atoms with Crippen molar-refractivity contribution in [2.75, 3.05) is 5.32 Å². The van der Waals surface area contributed by atoms with Gasteiger partial charge in [0.15, 0.2) is 5.69 Å². The highest BCUT2D eigenvalue weighted by Crippen LogP contribution is 2.30. The topological polar surface area (TPSA) is 92.4 Å². The molecule has 0 unspecified atom stereocenters. The van der Waals surface area contributed by atoms with E-state index in [1.807, 2.05) is 0 Å². The van der Waals surface area contributed by atoms with E-state index in [4.69, 9.17) is 9.52 Å². The molecular weight excluding hydrogens is 365 g/mol. The number of oxazole rings is 1. The first kappa shape index (κ1) is 18.2. The number of alkyl halides is 3. The van der Waals surface area contributed by atoms with Crippen molar-refractivity contribution in [1.82, 2.24) is 4.98 Å². The van der Waals surface area contributed by atoms with Gasteiger partial charge in [0.25, 0.3) is 5.91 Å². The summed E-state index contributed by atoms with van der Waals surface area (Å²) in [5, 5.41) is 11.4. The van der Waals surface area contributed by atoms with E-state index in [9.17, 15) is 22.8 Å². The summed E-state index contributed by atoms with van der Waals surface area (Å²) in [6.45, 7) is 0. The molecule has 0 saturated carbocycles. The SMILES string of the molecule is O=C(O)c1cccc(NC(=O)c2coc(-c3ccc(C(F)(F)F)cc3)n2)c1. The fourth-order valence-electron chi connectivity index (χ4n) is 2.24. The molecule has 1 aromatic heterocycles. The Morgan fingerprint density at radius 2 is 1.78 bits per heavy atom. The van der Waals surface area contributed by atoms with Crippen molar-refractivity contribution >= 4 is 17.6 Å². The second-order valence-corrected chi connectivity index (χ2v) is 5.45. The van der Waals surface area contributed by atoms with Crippen LogP contribution < -0.4 is 5.32 Å². The van der Waals surface area contributed by atoms with Crippen LogP contribution in [-0.4, -0.2) is 22.0 Å². The molecule has 0 saturated heterocycles. The van der Waals surface area contributed by atoms with Crippen molar-refractivity contribution in [2.45, 2.75) is 6.18 Å². The molecule has 138 valence electrons. The van der Waals surface area contributed by atoms with Gasteiger partial charge in [0, 0.05) is 11.3 Å². The normalized spacial score (nSPS) is 11.2. The number of nitrogens with one attached hydrogen (secondary N) is 1. The van der Waals surface area contributed by atoms with E-state index in [2.05, 4.69) is 10.3 Å². The Hall–Kier alpha value is -3.62. The first-order valence-electron chi connectivity index (χ1n) is 7.52. The molecule has 3 rings (SSSR count). The Bertz CT molecular complexity index is 994. The van der Waals surface area contributed by atoms with Crippen LogP contribution >= 0.6 is 0 Å². The quantitative estimate of drug-likeness (QED) is 0.708. The number of anilines is 1. The molecule has 0 aliphatic rings. The number of rotatable bonds is 4. The number of aromatic nitrogens is 1. The number of hydrogen-bond donors (Lipinski definition) is 2. The number of amides is 1. The summed E-state index contributed by atoms with van der Waals surface area (Å²) in [5.74, 6) is -1.82. The average molecular weight is 376 g/mol. The molecule has 9 heteroatoms. The van der Waals surface area contributed by atoms with Crippen LogP contribution in [0.4, 0.5) is 18.9 Å². The van der Waals surface area contributed by atoms with Crippen LogP contribution in [0.5, 0.6) is 0 Å². The zero-order valence-corrected chi connectivity index (χ0v) is 13.4. The predicted molar refractivity (Wildman–Crippen MR) is 88.3 cm³/mol. The smallest absolute Gasteiger partial charge is 0.416 e. The lowest BCUT2D eigenvalue weighted by molar-refractivity contribution is -0.137. The standard InChI is InChI=1S/C18H11F3N2O4/c19-18(20,21)12-6-4-10(5-7-12)16-23-14(9-27-16)15(24)22-13-3-1-2-11(8-13)17(25)26/h1-9H,(H,22,24)(H,25,26). The van der Waals surface area contributed by atoms with Crippen LogP contribution in [0.3, 0.4) is 0 Å². The Morgan fingerprint density at radius 3 is 2.41 bits per heavy atom. The molecule has 0 aliphatic carbocycles. The second kappa shape index (κ2) is 6.94.